The highest BCUT2D eigenvalue weighted by Gasteiger charge is 2.24. The van der Waals surface area contributed by atoms with Gasteiger partial charge in [-0.05, 0) is 94.2 Å². The van der Waals surface area contributed by atoms with Gasteiger partial charge in [0.25, 0.3) is 0 Å². The van der Waals surface area contributed by atoms with Crippen LogP contribution in [0.3, 0.4) is 0 Å². The van der Waals surface area contributed by atoms with Crippen LogP contribution in [0, 0.1) is 0 Å². The third kappa shape index (κ3) is 3.70. The van der Waals surface area contributed by atoms with Gasteiger partial charge in [-0.1, -0.05) is 91.0 Å². The van der Waals surface area contributed by atoms with Gasteiger partial charge in [0.1, 0.15) is 0 Å². The molecule has 7 aromatic carbocycles. The summed E-state index contributed by atoms with van der Waals surface area (Å²) in [5.41, 5.74) is 14.9. The van der Waals surface area contributed by atoms with Crippen LogP contribution in [0.15, 0.2) is 170 Å². The highest BCUT2D eigenvalue weighted by molar-refractivity contribution is 6.22. The molecule has 52 heavy (non-hydrogen) atoms. The van der Waals surface area contributed by atoms with Gasteiger partial charge in [-0.2, -0.15) is 0 Å². The first-order valence-corrected chi connectivity index (χ1v) is 17.7. The number of hydrogen-bond donors (Lipinski definition) is 0. The molecule has 1 aliphatic rings. The minimum atomic E-state index is 1.01. The molecule has 4 nitrogen and oxygen atoms in total. The predicted molar refractivity (Wildman–Crippen MR) is 216 cm³/mol. The molecule has 0 aliphatic heterocycles. The topological polar surface area (TPSA) is 35.6 Å². The number of pyridine rings is 2. The van der Waals surface area contributed by atoms with Crippen LogP contribution < -0.4 is 0 Å². The fraction of sp³-hybridized carbons (Fsp3) is 0. The first-order chi connectivity index (χ1) is 25.8. The highest BCUT2D eigenvalue weighted by atomic mass is 15.0. The number of fused-ring (bicyclic) bond motifs is 11. The van der Waals surface area contributed by atoms with Gasteiger partial charge in [-0.15, -0.1) is 0 Å². The zero-order chi connectivity index (χ0) is 33.9. The van der Waals surface area contributed by atoms with E-state index in [1.807, 2.05) is 12.4 Å². The number of rotatable bonds is 3. The Hall–Kier alpha value is -7.04. The molecule has 0 fully saturated rings. The molecule has 4 aromatic heterocycles. The highest BCUT2D eigenvalue weighted by Crippen LogP contribution is 2.47. The van der Waals surface area contributed by atoms with Crippen molar-refractivity contribution in [1.82, 2.24) is 19.1 Å². The first kappa shape index (κ1) is 27.7. The minimum Gasteiger partial charge on any atom is -0.309 e. The van der Waals surface area contributed by atoms with E-state index >= 15 is 0 Å². The van der Waals surface area contributed by atoms with Crippen LogP contribution in [-0.4, -0.2) is 19.1 Å². The summed E-state index contributed by atoms with van der Waals surface area (Å²) in [6, 6.07) is 57.3. The van der Waals surface area contributed by atoms with Gasteiger partial charge >= 0.3 is 0 Å². The summed E-state index contributed by atoms with van der Waals surface area (Å²) in [6.45, 7) is 0. The summed E-state index contributed by atoms with van der Waals surface area (Å²) >= 11 is 0. The SMILES string of the molecule is c1ccc(-n2c3ccc(-c4ccc5c(c4)c4ccccc4n5-c4cnc5c(c4)-c4cccc6nccc-5c46)cc3c3c4ccccc4ccc32)cc1. The Morgan fingerprint density at radius 1 is 0.385 bits per heavy atom. The second-order valence-electron chi connectivity index (χ2n) is 13.8. The standard InChI is InChI=1S/C48H28N4/c1-2-10-32(11-3-1)51-44-21-19-31(26-40(44)47-34-12-5-4-9-29(34)17-22-45(47)51)30-18-20-43-38(25-30)35-13-6-7-16-42(35)52(43)33-27-39-36-14-8-15-41-46(36)37(23-24-49-41)48(39)50-28-33/h1-28H. The maximum absolute atomic E-state index is 5.08. The molecule has 0 N–H and O–H groups in total. The van der Waals surface area contributed by atoms with Crippen LogP contribution in [0.5, 0.6) is 0 Å². The second-order valence-corrected chi connectivity index (χ2v) is 13.8. The van der Waals surface area contributed by atoms with Crippen molar-refractivity contribution in [2.24, 2.45) is 0 Å². The quantitative estimate of drug-likeness (QED) is 0.189. The van der Waals surface area contributed by atoms with E-state index in [9.17, 15) is 0 Å². The molecule has 12 rings (SSSR count). The van der Waals surface area contributed by atoms with Crippen molar-refractivity contribution in [2.75, 3.05) is 0 Å². The number of hydrogen-bond acceptors (Lipinski definition) is 2. The number of benzene rings is 7. The molecule has 240 valence electrons. The van der Waals surface area contributed by atoms with Crippen molar-refractivity contribution in [1.29, 1.82) is 0 Å². The van der Waals surface area contributed by atoms with Crippen molar-refractivity contribution in [3.63, 3.8) is 0 Å². The lowest BCUT2D eigenvalue weighted by molar-refractivity contribution is 1.15. The van der Waals surface area contributed by atoms with Gasteiger partial charge in [0.15, 0.2) is 0 Å². The van der Waals surface area contributed by atoms with E-state index in [0.29, 0.717) is 0 Å². The lowest BCUT2D eigenvalue weighted by Crippen LogP contribution is -1.96. The Labute approximate surface area is 298 Å². The maximum atomic E-state index is 5.08. The third-order valence-corrected chi connectivity index (χ3v) is 11.1. The number of para-hydroxylation sites is 2. The van der Waals surface area contributed by atoms with Gasteiger partial charge < -0.3 is 9.13 Å². The summed E-state index contributed by atoms with van der Waals surface area (Å²) in [7, 11) is 0. The maximum Gasteiger partial charge on any atom is 0.0789 e. The molecule has 0 unspecified atom stereocenters. The van der Waals surface area contributed by atoms with Crippen LogP contribution in [-0.2, 0) is 0 Å². The van der Waals surface area contributed by atoms with E-state index in [0.717, 1.165) is 39.2 Å². The molecule has 4 heterocycles. The molecule has 0 saturated carbocycles. The first-order valence-electron chi connectivity index (χ1n) is 17.7. The summed E-state index contributed by atoms with van der Waals surface area (Å²) in [4.78, 5) is 9.72. The van der Waals surface area contributed by atoms with Gasteiger partial charge in [0, 0.05) is 49.9 Å². The van der Waals surface area contributed by atoms with Crippen molar-refractivity contribution < 1.29 is 0 Å². The Bertz CT molecular complexity index is 3290. The zero-order valence-corrected chi connectivity index (χ0v) is 28.0. The average Bonchev–Trinajstić information content (AvgIpc) is 3.84. The fourth-order valence-electron chi connectivity index (χ4n) is 8.88. The van der Waals surface area contributed by atoms with Gasteiger partial charge in [0.05, 0.1) is 45.2 Å². The second kappa shape index (κ2) is 10.3. The lowest BCUT2D eigenvalue weighted by atomic mass is 9.99. The largest absolute Gasteiger partial charge is 0.309 e. The molecule has 0 bridgehead atoms. The van der Waals surface area contributed by atoms with Gasteiger partial charge in [-0.3, -0.25) is 9.97 Å². The number of aromatic nitrogens is 4. The fourth-order valence-corrected chi connectivity index (χ4v) is 8.88. The molecule has 0 spiro atoms. The average molecular weight is 661 g/mol. The van der Waals surface area contributed by atoms with Crippen molar-refractivity contribution >= 4 is 65.3 Å². The molecular weight excluding hydrogens is 633 g/mol. The summed E-state index contributed by atoms with van der Waals surface area (Å²) in [5, 5.41) is 8.70. The van der Waals surface area contributed by atoms with E-state index in [4.69, 9.17) is 4.98 Å². The Morgan fingerprint density at radius 3 is 1.98 bits per heavy atom. The van der Waals surface area contributed by atoms with E-state index < -0.39 is 0 Å². The molecule has 0 atom stereocenters. The molecule has 0 amide bonds. The Balaban J connectivity index is 1.07. The zero-order valence-electron chi connectivity index (χ0n) is 28.0. The number of nitrogens with zero attached hydrogens (tertiary/aromatic N) is 4. The van der Waals surface area contributed by atoms with Crippen LogP contribution in [0.2, 0.25) is 0 Å². The van der Waals surface area contributed by atoms with E-state index in [2.05, 4.69) is 172 Å². The molecule has 0 saturated heterocycles. The normalized spacial score (nSPS) is 12.2. The van der Waals surface area contributed by atoms with Crippen LogP contribution in [0.1, 0.15) is 0 Å². The Kier molecular flexibility index (Phi) is 5.47. The summed E-state index contributed by atoms with van der Waals surface area (Å²) < 4.78 is 4.77. The molecule has 0 radical (unpaired) electrons. The smallest absolute Gasteiger partial charge is 0.0789 e. The molecule has 4 heteroatoms. The van der Waals surface area contributed by atoms with Crippen LogP contribution in [0.25, 0.3) is 110 Å². The van der Waals surface area contributed by atoms with Crippen molar-refractivity contribution in [2.45, 2.75) is 0 Å². The van der Waals surface area contributed by atoms with E-state index in [1.165, 1.54) is 70.9 Å². The van der Waals surface area contributed by atoms with Crippen LogP contribution >= 0.6 is 0 Å². The Morgan fingerprint density at radius 2 is 1.10 bits per heavy atom. The van der Waals surface area contributed by atoms with E-state index in [-0.39, 0.29) is 0 Å². The minimum absolute atomic E-state index is 1.01. The van der Waals surface area contributed by atoms with Crippen molar-refractivity contribution in [3.05, 3.63) is 170 Å². The molecular formula is C48H28N4. The monoisotopic (exact) mass is 660 g/mol. The van der Waals surface area contributed by atoms with Crippen molar-refractivity contribution in [3.8, 4) is 44.9 Å². The van der Waals surface area contributed by atoms with Gasteiger partial charge in [-0.25, -0.2) is 0 Å². The summed E-state index contributed by atoms with van der Waals surface area (Å²) in [5.74, 6) is 0. The lowest BCUT2D eigenvalue weighted by Gasteiger charge is -2.11. The summed E-state index contributed by atoms with van der Waals surface area (Å²) in [6.07, 6.45) is 3.91. The predicted octanol–water partition coefficient (Wildman–Crippen LogP) is 12.3. The third-order valence-electron chi connectivity index (χ3n) is 11.1. The van der Waals surface area contributed by atoms with Crippen LogP contribution in [0.4, 0.5) is 0 Å². The molecule has 11 aromatic rings. The van der Waals surface area contributed by atoms with Gasteiger partial charge in [0.2, 0.25) is 0 Å². The van der Waals surface area contributed by atoms with E-state index in [1.54, 1.807) is 0 Å². The molecule has 1 aliphatic carbocycles.